The molecule has 0 spiro atoms. The largest absolute Gasteiger partial charge is 0.335 e. The minimum absolute atomic E-state index is 0.0459. The molecule has 2 N–H and O–H groups in total. The van der Waals surface area contributed by atoms with Gasteiger partial charge in [0.2, 0.25) is 0 Å². The second kappa shape index (κ2) is 8.23. The monoisotopic (exact) mass is 363 g/mol. The van der Waals surface area contributed by atoms with Crippen molar-refractivity contribution in [2.45, 2.75) is 25.4 Å². The number of halogens is 3. The third-order valence-electron chi connectivity index (χ3n) is 4.46. The number of amides is 2. The minimum Gasteiger partial charge on any atom is -0.335 e. The van der Waals surface area contributed by atoms with Gasteiger partial charge in [-0.3, -0.25) is 4.90 Å². The number of nitrogens with zero attached hydrogens (tertiary/aromatic N) is 1. The number of carbonyl (C=O) groups excluding carboxylic acids is 1. The first-order valence-corrected chi connectivity index (χ1v) is 8.50. The van der Waals surface area contributed by atoms with Gasteiger partial charge in [0.15, 0.2) is 17.5 Å². The van der Waals surface area contributed by atoms with Crippen LogP contribution in [0.1, 0.15) is 18.4 Å². The van der Waals surface area contributed by atoms with Gasteiger partial charge in [0.1, 0.15) is 0 Å². The molecule has 2 amide bonds. The Morgan fingerprint density at radius 2 is 1.69 bits per heavy atom. The molecule has 0 saturated carbocycles. The molecular formula is C19H20F3N3O. The van der Waals surface area contributed by atoms with Gasteiger partial charge in [0.25, 0.3) is 0 Å². The highest BCUT2D eigenvalue weighted by molar-refractivity contribution is 5.89. The number of anilines is 1. The summed E-state index contributed by atoms with van der Waals surface area (Å²) in [5, 5.41) is 4.98. The Labute approximate surface area is 150 Å². The van der Waals surface area contributed by atoms with Gasteiger partial charge < -0.3 is 10.6 Å². The second-order valence-corrected chi connectivity index (χ2v) is 6.36. The number of nitrogens with one attached hydrogen (secondary N) is 2. The first kappa shape index (κ1) is 18.3. The van der Waals surface area contributed by atoms with Crippen molar-refractivity contribution < 1.29 is 18.0 Å². The van der Waals surface area contributed by atoms with Crippen LogP contribution in [0, 0.1) is 17.5 Å². The average Bonchev–Trinajstić information content (AvgIpc) is 2.65. The summed E-state index contributed by atoms with van der Waals surface area (Å²) in [4.78, 5) is 14.3. The zero-order chi connectivity index (χ0) is 18.5. The normalized spacial score (nSPS) is 15.7. The summed E-state index contributed by atoms with van der Waals surface area (Å²) in [5.41, 5.74) is 0.855. The third-order valence-corrected chi connectivity index (χ3v) is 4.46. The molecular weight excluding hydrogens is 343 g/mol. The molecule has 2 aromatic rings. The molecule has 1 aliphatic rings. The van der Waals surface area contributed by atoms with Crippen LogP contribution in [0.3, 0.4) is 0 Å². The molecule has 0 atom stereocenters. The van der Waals surface area contributed by atoms with Crippen molar-refractivity contribution in [1.82, 2.24) is 10.2 Å². The molecule has 3 rings (SSSR count). The minimum atomic E-state index is -1.60. The summed E-state index contributed by atoms with van der Waals surface area (Å²) in [6.07, 6.45) is 1.53. The van der Waals surface area contributed by atoms with Gasteiger partial charge in [-0.25, -0.2) is 18.0 Å². The zero-order valence-corrected chi connectivity index (χ0v) is 14.1. The molecule has 0 bridgehead atoms. The van der Waals surface area contributed by atoms with Crippen molar-refractivity contribution in [3.05, 3.63) is 65.5 Å². The summed E-state index contributed by atoms with van der Waals surface area (Å²) in [6, 6.07) is 11.2. The van der Waals surface area contributed by atoms with E-state index in [1.807, 2.05) is 18.2 Å². The van der Waals surface area contributed by atoms with E-state index >= 15 is 0 Å². The quantitative estimate of drug-likeness (QED) is 0.810. The molecule has 7 heteroatoms. The fourth-order valence-corrected chi connectivity index (χ4v) is 3.04. The Bertz CT molecular complexity index is 762. The first-order valence-electron chi connectivity index (χ1n) is 8.50. The van der Waals surface area contributed by atoms with Gasteiger partial charge in [-0.2, -0.15) is 0 Å². The molecule has 138 valence electrons. The smallest absolute Gasteiger partial charge is 0.319 e. The maximum absolute atomic E-state index is 13.6. The fraction of sp³-hybridized carbons (Fsp3) is 0.316. The van der Waals surface area contributed by atoms with E-state index < -0.39 is 23.5 Å². The number of hydrogen-bond acceptors (Lipinski definition) is 2. The fourth-order valence-electron chi connectivity index (χ4n) is 3.04. The van der Waals surface area contributed by atoms with Crippen LogP contribution in [0.15, 0.2) is 42.5 Å². The number of rotatable bonds is 4. The van der Waals surface area contributed by atoms with Crippen molar-refractivity contribution >= 4 is 11.7 Å². The Kier molecular flexibility index (Phi) is 5.78. The van der Waals surface area contributed by atoms with Crippen molar-refractivity contribution in [2.24, 2.45) is 0 Å². The number of likely N-dealkylation sites (tertiary alicyclic amines) is 1. The number of carbonyl (C=O) groups is 1. The lowest BCUT2D eigenvalue weighted by atomic mass is 10.0. The molecule has 1 aliphatic heterocycles. The van der Waals surface area contributed by atoms with Gasteiger partial charge in [-0.15, -0.1) is 0 Å². The first-order chi connectivity index (χ1) is 12.5. The number of urea groups is 1. The standard InChI is InChI=1S/C19H20F3N3O/c20-15-6-7-16(18(22)17(15)21)24-19(26)23-14-8-10-25(11-9-14)12-13-4-2-1-3-5-13/h1-7,14H,8-12H2,(H2,23,24,26). The highest BCUT2D eigenvalue weighted by Crippen LogP contribution is 2.20. The van der Waals surface area contributed by atoms with Crippen molar-refractivity contribution in [2.75, 3.05) is 18.4 Å². The summed E-state index contributed by atoms with van der Waals surface area (Å²) in [6.45, 7) is 2.53. The lowest BCUT2D eigenvalue weighted by Gasteiger charge is -2.32. The van der Waals surface area contributed by atoms with E-state index in [0.29, 0.717) is 0 Å². The highest BCUT2D eigenvalue weighted by atomic mass is 19.2. The Morgan fingerprint density at radius 1 is 1.00 bits per heavy atom. The Morgan fingerprint density at radius 3 is 2.38 bits per heavy atom. The zero-order valence-electron chi connectivity index (χ0n) is 14.1. The predicted molar refractivity (Wildman–Crippen MR) is 93.2 cm³/mol. The van der Waals surface area contributed by atoms with Crippen LogP contribution in [-0.2, 0) is 6.54 Å². The van der Waals surface area contributed by atoms with Gasteiger partial charge in [0.05, 0.1) is 5.69 Å². The van der Waals surface area contributed by atoms with Gasteiger partial charge in [-0.05, 0) is 30.5 Å². The molecule has 26 heavy (non-hydrogen) atoms. The van der Waals surface area contributed by atoms with Crippen LogP contribution in [-0.4, -0.2) is 30.1 Å². The van der Waals surface area contributed by atoms with Crippen LogP contribution in [0.2, 0.25) is 0 Å². The summed E-state index contributed by atoms with van der Waals surface area (Å²) in [5.74, 6) is -4.30. The van der Waals surface area contributed by atoms with Gasteiger partial charge >= 0.3 is 6.03 Å². The maximum atomic E-state index is 13.6. The van der Waals surface area contributed by atoms with Crippen LogP contribution in [0.4, 0.5) is 23.7 Å². The summed E-state index contributed by atoms with van der Waals surface area (Å²) >= 11 is 0. The molecule has 2 aromatic carbocycles. The number of hydrogen-bond donors (Lipinski definition) is 2. The van der Waals surface area contributed by atoms with E-state index in [1.54, 1.807) is 0 Å². The van der Waals surface area contributed by atoms with E-state index in [0.717, 1.165) is 44.6 Å². The van der Waals surface area contributed by atoms with E-state index in [9.17, 15) is 18.0 Å². The molecule has 4 nitrogen and oxygen atoms in total. The topological polar surface area (TPSA) is 44.4 Å². The SMILES string of the molecule is O=C(Nc1ccc(F)c(F)c1F)NC1CCN(Cc2ccccc2)CC1. The van der Waals surface area contributed by atoms with E-state index in [-0.39, 0.29) is 11.7 Å². The molecule has 1 saturated heterocycles. The van der Waals surface area contributed by atoms with Crippen LogP contribution < -0.4 is 10.6 Å². The third kappa shape index (κ3) is 4.54. The Balaban J connectivity index is 1.47. The molecule has 0 aliphatic carbocycles. The molecule has 0 unspecified atom stereocenters. The van der Waals surface area contributed by atoms with Gasteiger partial charge in [-0.1, -0.05) is 30.3 Å². The summed E-state index contributed by atoms with van der Waals surface area (Å²) in [7, 11) is 0. The molecule has 0 radical (unpaired) electrons. The molecule has 1 heterocycles. The average molecular weight is 363 g/mol. The van der Waals surface area contributed by atoms with Crippen molar-refractivity contribution in [3.8, 4) is 0 Å². The van der Waals surface area contributed by atoms with Gasteiger partial charge in [0, 0.05) is 25.7 Å². The van der Waals surface area contributed by atoms with Crippen LogP contribution in [0.5, 0.6) is 0 Å². The summed E-state index contributed by atoms with van der Waals surface area (Å²) < 4.78 is 39.7. The number of piperidine rings is 1. The van der Waals surface area contributed by atoms with Crippen molar-refractivity contribution in [3.63, 3.8) is 0 Å². The lowest BCUT2D eigenvalue weighted by Crippen LogP contribution is -2.45. The Hall–Kier alpha value is -2.54. The van der Waals surface area contributed by atoms with Crippen LogP contribution in [0.25, 0.3) is 0 Å². The second-order valence-electron chi connectivity index (χ2n) is 6.36. The van der Waals surface area contributed by atoms with Crippen LogP contribution >= 0.6 is 0 Å². The molecule has 0 aromatic heterocycles. The predicted octanol–water partition coefficient (Wildman–Crippen LogP) is 3.89. The van der Waals surface area contributed by atoms with E-state index in [1.165, 1.54) is 5.56 Å². The lowest BCUT2D eigenvalue weighted by molar-refractivity contribution is 0.190. The maximum Gasteiger partial charge on any atom is 0.319 e. The van der Waals surface area contributed by atoms with E-state index in [2.05, 4.69) is 27.7 Å². The number of benzene rings is 2. The van der Waals surface area contributed by atoms with Crippen molar-refractivity contribution in [1.29, 1.82) is 0 Å². The molecule has 1 fully saturated rings. The highest BCUT2D eigenvalue weighted by Gasteiger charge is 2.22. The van der Waals surface area contributed by atoms with E-state index in [4.69, 9.17) is 0 Å².